The smallest absolute Gasteiger partial charge is 0.325 e. The van der Waals surface area contributed by atoms with Crippen LogP contribution in [0.4, 0.5) is 0 Å². The van der Waals surface area contributed by atoms with Gasteiger partial charge >= 0.3 is 11.9 Å². The van der Waals surface area contributed by atoms with Crippen molar-refractivity contribution in [3.05, 3.63) is 0 Å². The minimum atomic E-state index is -1.29. The van der Waals surface area contributed by atoms with Crippen LogP contribution in [0.5, 0.6) is 0 Å². The highest BCUT2D eigenvalue weighted by Crippen LogP contribution is 1.84. The molecular weight excluding hydrogens is 166 g/mol. The number of amides is 1. The number of rotatable bonds is 4. The van der Waals surface area contributed by atoms with Crippen LogP contribution in [0, 0.1) is 0 Å². The lowest BCUT2D eigenvalue weighted by atomic mass is 10.3. The van der Waals surface area contributed by atoms with E-state index in [1.807, 2.05) is 5.32 Å². The Bertz CT molecular complexity index is 212. The molecule has 0 saturated carbocycles. The van der Waals surface area contributed by atoms with Gasteiger partial charge in [-0.1, -0.05) is 0 Å². The molecule has 68 valence electrons. The molecule has 0 aliphatic rings. The molecule has 6 nitrogen and oxygen atoms in total. The van der Waals surface area contributed by atoms with Gasteiger partial charge in [0.05, 0.1) is 0 Å². The Balaban J connectivity index is 3.85. The summed E-state index contributed by atoms with van der Waals surface area (Å²) in [6, 6.07) is -1.06. The van der Waals surface area contributed by atoms with Crippen molar-refractivity contribution in [3.63, 3.8) is 0 Å². The lowest BCUT2D eigenvalue weighted by molar-refractivity contribution is -0.144. The first kappa shape index (κ1) is 10.4. The third-order valence-corrected chi connectivity index (χ3v) is 1.06. The maximum absolute atomic E-state index is 10.6. The summed E-state index contributed by atoms with van der Waals surface area (Å²) in [5.74, 6) is -3.30. The van der Waals surface area contributed by atoms with E-state index < -0.39 is 30.3 Å². The minimum absolute atomic E-state index is 0.711. The Morgan fingerprint density at radius 2 is 1.83 bits per heavy atom. The molecular formula is C6H9NO5. The number of nitrogens with one attached hydrogen (secondary N) is 1. The fourth-order valence-corrected chi connectivity index (χ4v) is 0.492. The number of aliphatic carboxylic acids is 2. The SMILES string of the molecule is C[C@H](NC(=O)CC(=O)O)C(=O)O. The molecule has 6 heteroatoms. The van der Waals surface area contributed by atoms with Crippen molar-refractivity contribution in [3.8, 4) is 0 Å². The third kappa shape index (κ3) is 4.26. The van der Waals surface area contributed by atoms with Gasteiger partial charge in [0.15, 0.2) is 0 Å². The molecule has 0 bridgehead atoms. The second kappa shape index (κ2) is 4.32. The van der Waals surface area contributed by atoms with Gasteiger partial charge in [0.2, 0.25) is 5.91 Å². The van der Waals surface area contributed by atoms with Crippen LogP contribution in [0.3, 0.4) is 0 Å². The Hall–Kier alpha value is -1.59. The van der Waals surface area contributed by atoms with E-state index in [-0.39, 0.29) is 0 Å². The van der Waals surface area contributed by atoms with Crippen LogP contribution in [0.2, 0.25) is 0 Å². The summed E-state index contributed by atoms with van der Waals surface area (Å²) in [5, 5.41) is 18.4. The molecule has 0 aromatic rings. The molecule has 12 heavy (non-hydrogen) atoms. The predicted molar refractivity (Wildman–Crippen MR) is 37.5 cm³/mol. The standard InChI is InChI=1S/C6H9NO5/c1-3(6(11)12)7-4(8)2-5(9)10/h3H,2H2,1H3,(H,7,8)(H,9,10)(H,11,12)/t3-/m0/s1. The van der Waals surface area contributed by atoms with Crippen LogP contribution < -0.4 is 5.32 Å². The minimum Gasteiger partial charge on any atom is -0.481 e. The van der Waals surface area contributed by atoms with Crippen LogP contribution in [0.1, 0.15) is 13.3 Å². The highest BCUT2D eigenvalue weighted by molar-refractivity contribution is 5.95. The Morgan fingerprint density at radius 1 is 1.33 bits per heavy atom. The number of hydrogen-bond acceptors (Lipinski definition) is 3. The number of hydrogen-bond donors (Lipinski definition) is 3. The summed E-state index contributed by atoms with van der Waals surface area (Å²) in [4.78, 5) is 30.7. The summed E-state index contributed by atoms with van der Waals surface area (Å²) >= 11 is 0. The zero-order valence-corrected chi connectivity index (χ0v) is 6.40. The second-order valence-electron chi connectivity index (χ2n) is 2.20. The summed E-state index contributed by atoms with van der Waals surface area (Å²) in [5.41, 5.74) is 0. The summed E-state index contributed by atoms with van der Waals surface area (Å²) < 4.78 is 0. The average Bonchev–Trinajstić information content (AvgIpc) is 1.84. The number of carbonyl (C=O) groups excluding carboxylic acids is 1. The van der Waals surface area contributed by atoms with Gasteiger partial charge in [0, 0.05) is 0 Å². The first-order valence-corrected chi connectivity index (χ1v) is 3.17. The van der Waals surface area contributed by atoms with E-state index in [1.165, 1.54) is 6.92 Å². The number of carboxylic acids is 2. The van der Waals surface area contributed by atoms with Crippen LogP contribution in [0.15, 0.2) is 0 Å². The molecule has 1 atom stereocenters. The zero-order valence-electron chi connectivity index (χ0n) is 6.40. The van der Waals surface area contributed by atoms with Gasteiger partial charge in [-0.05, 0) is 6.92 Å². The van der Waals surface area contributed by atoms with Crippen LogP contribution in [-0.2, 0) is 14.4 Å². The molecule has 0 spiro atoms. The van der Waals surface area contributed by atoms with Gasteiger partial charge in [0.1, 0.15) is 12.5 Å². The molecule has 0 rings (SSSR count). The molecule has 0 saturated heterocycles. The fourth-order valence-electron chi connectivity index (χ4n) is 0.492. The largest absolute Gasteiger partial charge is 0.481 e. The molecule has 1 amide bonds. The van der Waals surface area contributed by atoms with Crippen molar-refractivity contribution in [2.24, 2.45) is 0 Å². The van der Waals surface area contributed by atoms with Crippen molar-refractivity contribution in [1.82, 2.24) is 5.32 Å². The lowest BCUT2D eigenvalue weighted by Gasteiger charge is -2.06. The van der Waals surface area contributed by atoms with Crippen molar-refractivity contribution < 1.29 is 24.6 Å². The highest BCUT2D eigenvalue weighted by atomic mass is 16.4. The van der Waals surface area contributed by atoms with E-state index in [9.17, 15) is 14.4 Å². The third-order valence-electron chi connectivity index (χ3n) is 1.06. The van der Waals surface area contributed by atoms with Crippen molar-refractivity contribution in [2.75, 3.05) is 0 Å². The lowest BCUT2D eigenvalue weighted by Crippen LogP contribution is -2.39. The van der Waals surface area contributed by atoms with Crippen LogP contribution >= 0.6 is 0 Å². The predicted octanol–water partition coefficient (Wildman–Crippen LogP) is -0.950. The van der Waals surface area contributed by atoms with E-state index in [1.54, 1.807) is 0 Å². The quantitative estimate of drug-likeness (QED) is 0.478. The Kier molecular flexibility index (Phi) is 3.75. The topological polar surface area (TPSA) is 104 Å². The summed E-state index contributed by atoms with van der Waals surface area (Å²) in [6.45, 7) is 1.25. The van der Waals surface area contributed by atoms with Crippen molar-refractivity contribution in [2.45, 2.75) is 19.4 Å². The van der Waals surface area contributed by atoms with Gasteiger partial charge < -0.3 is 15.5 Å². The van der Waals surface area contributed by atoms with E-state index in [2.05, 4.69) is 0 Å². The van der Waals surface area contributed by atoms with Crippen LogP contribution in [-0.4, -0.2) is 34.1 Å². The fraction of sp³-hybridized carbons (Fsp3) is 0.500. The average molecular weight is 175 g/mol. The first-order valence-electron chi connectivity index (χ1n) is 3.17. The molecule has 0 aromatic carbocycles. The molecule has 0 radical (unpaired) electrons. The summed E-state index contributed by atoms with van der Waals surface area (Å²) in [6.07, 6.45) is -0.711. The van der Waals surface area contributed by atoms with Gasteiger partial charge in [-0.2, -0.15) is 0 Å². The van der Waals surface area contributed by atoms with E-state index in [4.69, 9.17) is 10.2 Å². The maximum atomic E-state index is 10.6. The Morgan fingerprint density at radius 3 is 2.17 bits per heavy atom. The Labute approximate surface area is 68.2 Å². The maximum Gasteiger partial charge on any atom is 0.325 e. The van der Waals surface area contributed by atoms with Gasteiger partial charge in [0.25, 0.3) is 0 Å². The molecule has 0 heterocycles. The number of carbonyl (C=O) groups is 3. The van der Waals surface area contributed by atoms with E-state index >= 15 is 0 Å². The first-order chi connectivity index (χ1) is 5.43. The molecule has 0 unspecified atom stereocenters. The number of carboxylic acid groups (broad SMARTS) is 2. The normalized spacial score (nSPS) is 11.8. The van der Waals surface area contributed by atoms with Crippen molar-refractivity contribution >= 4 is 17.8 Å². The molecule has 3 N–H and O–H groups in total. The zero-order chi connectivity index (χ0) is 9.72. The van der Waals surface area contributed by atoms with Gasteiger partial charge in [-0.15, -0.1) is 0 Å². The molecule has 0 aliphatic carbocycles. The monoisotopic (exact) mass is 175 g/mol. The van der Waals surface area contributed by atoms with E-state index in [0.717, 1.165) is 0 Å². The van der Waals surface area contributed by atoms with E-state index in [0.29, 0.717) is 0 Å². The second-order valence-corrected chi connectivity index (χ2v) is 2.20. The van der Waals surface area contributed by atoms with Gasteiger partial charge in [-0.3, -0.25) is 14.4 Å². The van der Waals surface area contributed by atoms with Crippen LogP contribution in [0.25, 0.3) is 0 Å². The summed E-state index contributed by atoms with van der Waals surface area (Å²) in [7, 11) is 0. The van der Waals surface area contributed by atoms with Gasteiger partial charge in [-0.25, -0.2) is 0 Å². The van der Waals surface area contributed by atoms with Crippen molar-refractivity contribution in [1.29, 1.82) is 0 Å². The molecule has 0 fully saturated rings. The highest BCUT2D eigenvalue weighted by Gasteiger charge is 2.15. The molecule has 0 aliphatic heterocycles. The molecule has 0 aromatic heterocycles.